The molecule has 0 fully saturated rings. The Morgan fingerprint density at radius 2 is 1.78 bits per heavy atom. The number of ether oxygens (including phenoxy) is 2. The predicted octanol–water partition coefficient (Wildman–Crippen LogP) is 4.60. The molecule has 192 valence electrons. The smallest absolute Gasteiger partial charge is 0.254 e. The maximum Gasteiger partial charge on any atom is 0.254 e. The van der Waals surface area contributed by atoms with Crippen molar-refractivity contribution in [3.63, 3.8) is 0 Å². The Balaban J connectivity index is 1.64. The normalized spacial score (nSPS) is 13.0. The predicted molar refractivity (Wildman–Crippen MR) is 132 cm³/mol. The second kappa shape index (κ2) is 10.3. The molecule has 0 spiro atoms. The Labute approximate surface area is 210 Å². The first-order chi connectivity index (χ1) is 17.0. The molecule has 1 aromatic heterocycles. The Kier molecular flexibility index (Phi) is 7.35. The van der Waals surface area contributed by atoms with E-state index < -0.39 is 15.7 Å². The zero-order valence-electron chi connectivity index (χ0n) is 20.8. The first-order valence-corrected chi connectivity index (χ1v) is 13.4. The first kappa shape index (κ1) is 25.7. The van der Waals surface area contributed by atoms with Crippen LogP contribution in [0.15, 0.2) is 53.8 Å². The summed E-state index contributed by atoms with van der Waals surface area (Å²) >= 11 is 0. The number of sulfone groups is 1. The highest BCUT2D eigenvalue weighted by molar-refractivity contribution is 7.90. The number of hydrogen-bond acceptors (Lipinski definition) is 6. The fourth-order valence-electron chi connectivity index (χ4n) is 4.21. The molecule has 0 bridgehead atoms. The summed E-state index contributed by atoms with van der Waals surface area (Å²) < 4.78 is 52.2. The van der Waals surface area contributed by atoms with Gasteiger partial charge in [0, 0.05) is 18.2 Å². The third-order valence-corrected chi connectivity index (χ3v) is 7.32. The third kappa shape index (κ3) is 5.53. The van der Waals surface area contributed by atoms with E-state index >= 15 is 0 Å². The van der Waals surface area contributed by atoms with Crippen LogP contribution in [0.2, 0.25) is 0 Å². The number of halogens is 1. The summed E-state index contributed by atoms with van der Waals surface area (Å²) in [4.78, 5) is 19.4. The van der Waals surface area contributed by atoms with Crippen molar-refractivity contribution in [2.45, 2.75) is 51.2 Å². The molecule has 8 nitrogen and oxygen atoms in total. The number of nitrogens with zero attached hydrogens (tertiary/aromatic N) is 3. The molecule has 0 atom stereocenters. The lowest BCUT2D eigenvalue weighted by Gasteiger charge is -2.26. The highest BCUT2D eigenvalue weighted by Gasteiger charge is 2.28. The maximum atomic E-state index is 13.5. The molecule has 0 unspecified atom stereocenters. The number of benzene rings is 2. The van der Waals surface area contributed by atoms with Crippen LogP contribution in [-0.2, 0) is 22.1 Å². The van der Waals surface area contributed by atoms with Gasteiger partial charge >= 0.3 is 0 Å². The van der Waals surface area contributed by atoms with Crippen LogP contribution >= 0.6 is 0 Å². The van der Waals surface area contributed by atoms with Gasteiger partial charge in [0.15, 0.2) is 11.5 Å². The number of imidazole rings is 1. The zero-order valence-corrected chi connectivity index (χ0v) is 21.6. The number of aromatic nitrogens is 2. The summed E-state index contributed by atoms with van der Waals surface area (Å²) in [6, 6.07) is 10.2. The average molecular weight is 516 g/mol. The SMILES string of the molecule is CC(C)CN(Cc1cnc(S(=O)(=O)Cc2ccc(F)cc2)n1C(C)C)C(=O)c1ccc2c(c1)OCO2. The van der Waals surface area contributed by atoms with Gasteiger partial charge in [-0.2, -0.15) is 0 Å². The summed E-state index contributed by atoms with van der Waals surface area (Å²) in [7, 11) is -3.82. The lowest BCUT2D eigenvalue weighted by atomic mass is 10.1. The molecular formula is C26H30FN3O5S. The van der Waals surface area contributed by atoms with E-state index in [1.807, 2.05) is 27.7 Å². The first-order valence-electron chi connectivity index (χ1n) is 11.8. The van der Waals surface area contributed by atoms with Crippen molar-refractivity contribution < 1.29 is 27.1 Å². The summed E-state index contributed by atoms with van der Waals surface area (Å²) in [5.41, 5.74) is 1.53. The minimum absolute atomic E-state index is 0.0724. The van der Waals surface area contributed by atoms with Crippen LogP contribution in [0.25, 0.3) is 0 Å². The molecule has 0 radical (unpaired) electrons. The van der Waals surface area contributed by atoms with Gasteiger partial charge in [-0.1, -0.05) is 26.0 Å². The number of fused-ring (bicyclic) bond motifs is 1. The molecule has 3 aromatic rings. The standard InChI is InChI=1S/C26H30FN3O5S/c1-17(2)13-29(25(31)20-7-10-23-24(11-20)35-16-34-23)14-22-12-28-26(30(22)18(3)4)36(32,33)15-19-5-8-21(27)9-6-19/h5-12,17-18H,13-16H2,1-4H3. The van der Waals surface area contributed by atoms with E-state index in [9.17, 15) is 17.6 Å². The van der Waals surface area contributed by atoms with E-state index in [0.717, 1.165) is 0 Å². The Hall–Kier alpha value is -3.40. The van der Waals surface area contributed by atoms with Crippen LogP contribution in [0.1, 0.15) is 55.4 Å². The van der Waals surface area contributed by atoms with E-state index in [1.54, 1.807) is 27.7 Å². The van der Waals surface area contributed by atoms with Crippen LogP contribution in [0.3, 0.4) is 0 Å². The van der Waals surface area contributed by atoms with Crippen LogP contribution in [0, 0.1) is 11.7 Å². The van der Waals surface area contributed by atoms with Gasteiger partial charge < -0.3 is 18.9 Å². The molecule has 0 saturated heterocycles. The van der Waals surface area contributed by atoms with E-state index in [4.69, 9.17) is 9.47 Å². The number of carbonyl (C=O) groups is 1. The Morgan fingerprint density at radius 3 is 2.44 bits per heavy atom. The van der Waals surface area contributed by atoms with Crippen molar-refractivity contribution in [2.75, 3.05) is 13.3 Å². The number of rotatable bonds is 9. The van der Waals surface area contributed by atoms with Crippen LogP contribution < -0.4 is 9.47 Å². The van der Waals surface area contributed by atoms with Crippen molar-refractivity contribution in [1.29, 1.82) is 0 Å². The van der Waals surface area contributed by atoms with Crippen LogP contribution in [-0.4, -0.2) is 42.1 Å². The zero-order chi connectivity index (χ0) is 26.0. The van der Waals surface area contributed by atoms with Gasteiger partial charge in [0.2, 0.25) is 21.8 Å². The summed E-state index contributed by atoms with van der Waals surface area (Å²) in [5.74, 6) is 0.360. The molecule has 1 aliphatic rings. The average Bonchev–Trinajstić information content (AvgIpc) is 3.46. The van der Waals surface area contributed by atoms with E-state index in [1.165, 1.54) is 30.5 Å². The Bertz CT molecular complexity index is 1350. The number of carbonyl (C=O) groups excluding carboxylic acids is 1. The maximum absolute atomic E-state index is 13.5. The fourth-order valence-corrected chi connectivity index (χ4v) is 5.81. The fraction of sp³-hybridized carbons (Fsp3) is 0.385. The molecular weight excluding hydrogens is 485 g/mol. The van der Waals surface area contributed by atoms with Gasteiger partial charge in [0.05, 0.1) is 24.2 Å². The van der Waals surface area contributed by atoms with Gasteiger partial charge in [0.1, 0.15) is 5.82 Å². The summed E-state index contributed by atoms with van der Waals surface area (Å²) in [6.45, 7) is 8.53. The monoisotopic (exact) mass is 515 g/mol. The van der Waals surface area contributed by atoms with E-state index in [0.29, 0.717) is 34.9 Å². The van der Waals surface area contributed by atoms with E-state index in [-0.39, 0.29) is 42.1 Å². The molecule has 36 heavy (non-hydrogen) atoms. The summed E-state index contributed by atoms with van der Waals surface area (Å²) in [6.07, 6.45) is 1.51. The number of amides is 1. The van der Waals surface area contributed by atoms with Crippen LogP contribution in [0.5, 0.6) is 11.5 Å². The second-order valence-electron chi connectivity index (χ2n) is 9.53. The van der Waals surface area contributed by atoms with Gasteiger partial charge in [-0.3, -0.25) is 4.79 Å². The Morgan fingerprint density at radius 1 is 1.08 bits per heavy atom. The lowest BCUT2D eigenvalue weighted by Crippen LogP contribution is -2.34. The lowest BCUT2D eigenvalue weighted by molar-refractivity contribution is 0.0717. The molecule has 1 aliphatic heterocycles. The molecule has 10 heteroatoms. The number of hydrogen-bond donors (Lipinski definition) is 0. The van der Waals surface area contributed by atoms with Crippen LogP contribution in [0.4, 0.5) is 4.39 Å². The highest BCUT2D eigenvalue weighted by atomic mass is 32.2. The van der Waals surface area contributed by atoms with Crippen molar-refractivity contribution in [3.05, 3.63) is 71.3 Å². The topological polar surface area (TPSA) is 90.7 Å². The highest BCUT2D eigenvalue weighted by Crippen LogP contribution is 2.33. The third-order valence-electron chi connectivity index (χ3n) is 5.75. The minimum atomic E-state index is -3.82. The molecule has 2 heterocycles. The van der Waals surface area contributed by atoms with Gasteiger partial charge in [-0.15, -0.1) is 0 Å². The summed E-state index contributed by atoms with van der Waals surface area (Å²) in [5, 5.41) is -0.0724. The van der Waals surface area contributed by atoms with E-state index in [2.05, 4.69) is 4.98 Å². The van der Waals surface area contributed by atoms with Crippen molar-refractivity contribution in [3.8, 4) is 11.5 Å². The molecule has 0 N–H and O–H groups in total. The van der Waals surface area contributed by atoms with Crippen molar-refractivity contribution >= 4 is 15.7 Å². The van der Waals surface area contributed by atoms with Crippen molar-refractivity contribution in [2.24, 2.45) is 5.92 Å². The minimum Gasteiger partial charge on any atom is -0.454 e. The largest absolute Gasteiger partial charge is 0.454 e. The molecule has 0 saturated carbocycles. The molecule has 4 rings (SSSR count). The molecule has 2 aromatic carbocycles. The van der Waals surface area contributed by atoms with Gasteiger partial charge in [-0.05, 0) is 55.7 Å². The molecule has 1 amide bonds. The van der Waals surface area contributed by atoms with Gasteiger partial charge in [-0.25, -0.2) is 17.8 Å². The van der Waals surface area contributed by atoms with Gasteiger partial charge in [0.25, 0.3) is 5.91 Å². The second-order valence-corrected chi connectivity index (χ2v) is 11.4. The quantitative estimate of drug-likeness (QED) is 0.414. The van der Waals surface area contributed by atoms with Crippen molar-refractivity contribution in [1.82, 2.24) is 14.5 Å². The molecule has 0 aliphatic carbocycles.